The van der Waals surface area contributed by atoms with Gasteiger partial charge in [-0.1, -0.05) is 0 Å². The topological polar surface area (TPSA) is 86.2 Å². The standard InChI is InChI=1S/5Na.H3O4P/c;;;;;1-5(2,3)4/h;;;;;(H3,1,2,3,4)/q5*+1;/p-3. The maximum absolute atomic E-state index is 8.55. The zero-order valence-electron chi connectivity index (χ0n) is 7.08. The van der Waals surface area contributed by atoms with Gasteiger partial charge in [-0.05, 0) is 0 Å². The number of phosphoric acid groups is 1. The molecule has 0 amide bonds. The van der Waals surface area contributed by atoms with E-state index in [1.807, 2.05) is 0 Å². The van der Waals surface area contributed by atoms with Crippen molar-refractivity contribution in [1.82, 2.24) is 0 Å². The largest absolute Gasteiger partial charge is 1.00 e. The maximum Gasteiger partial charge on any atom is 1.00 e. The summed E-state index contributed by atoms with van der Waals surface area (Å²) in [5.74, 6) is 0. The van der Waals surface area contributed by atoms with Crippen LogP contribution in [-0.2, 0) is 4.57 Å². The molecule has 0 aromatic heterocycles. The molecule has 0 aliphatic heterocycles. The van der Waals surface area contributed by atoms with Crippen molar-refractivity contribution in [3.05, 3.63) is 0 Å². The van der Waals surface area contributed by atoms with Crippen LogP contribution in [0.25, 0.3) is 0 Å². The summed E-state index contributed by atoms with van der Waals surface area (Å²) < 4.78 is 8.55. The molecule has 32 valence electrons. The summed E-state index contributed by atoms with van der Waals surface area (Å²) in [6.45, 7) is 0. The van der Waals surface area contributed by atoms with Crippen molar-refractivity contribution in [1.29, 1.82) is 0 Å². The molecule has 0 bridgehead atoms. The van der Waals surface area contributed by atoms with E-state index in [1.165, 1.54) is 0 Å². The van der Waals surface area contributed by atoms with Gasteiger partial charge in [-0.15, -0.1) is 0 Å². The first-order valence-corrected chi connectivity index (χ1v) is 2.19. The van der Waals surface area contributed by atoms with E-state index in [9.17, 15) is 0 Å². The summed E-state index contributed by atoms with van der Waals surface area (Å²) in [6, 6.07) is 0. The summed E-state index contributed by atoms with van der Waals surface area (Å²) in [5.41, 5.74) is 0. The van der Waals surface area contributed by atoms with Crippen LogP contribution in [0.4, 0.5) is 0 Å². The van der Waals surface area contributed by atoms with Crippen LogP contribution in [0.2, 0.25) is 0 Å². The Hall–Kier alpha value is 5.11. The van der Waals surface area contributed by atoms with Gasteiger partial charge in [-0.25, -0.2) is 0 Å². The molecule has 0 saturated heterocycles. The molecule has 10 heteroatoms. The predicted molar refractivity (Wildman–Crippen MR) is 7.61 cm³/mol. The first kappa shape index (κ1) is 36.2. The third kappa shape index (κ3) is 73.6. The molecule has 0 saturated carbocycles. The number of rotatable bonds is 0. The van der Waals surface area contributed by atoms with Crippen LogP contribution in [0.1, 0.15) is 0 Å². The second-order valence-corrected chi connectivity index (χ2v) is 1.34. The molecule has 0 spiro atoms. The summed E-state index contributed by atoms with van der Waals surface area (Å²) in [7, 11) is -5.39. The minimum atomic E-state index is -5.39. The summed E-state index contributed by atoms with van der Waals surface area (Å²) in [6.07, 6.45) is 0. The fourth-order valence-electron chi connectivity index (χ4n) is 0. The van der Waals surface area contributed by atoms with Crippen LogP contribution < -0.4 is 162 Å². The van der Waals surface area contributed by atoms with Gasteiger partial charge in [0.05, 0.1) is 0 Å². The van der Waals surface area contributed by atoms with Crippen LogP contribution in [0, 0.1) is 0 Å². The molecule has 0 atom stereocenters. The molecule has 4 nitrogen and oxygen atoms in total. The number of hydrogen-bond donors (Lipinski definition) is 0. The molecule has 0 rings (SSSR count). The Morgan fingerprint density at radius 1 is 0.700 bits per heavy atom. The third-order valence-corrected chi connectivity index (χ3v) is 0. The zero-order valence-corrected chi connectivity index (χ0v) is 18.0. The molecule has 0 N–H and O–H groups in total. The molecule has 0 aromatic rings. The molecule has 0 heterocycles. The Kier molecular flexibility index (Phi) is 71.2. The van der Waals surface area contributed by atoms with E-state index < -0.39 is 7.82 Å². The van der Waals surface area contributed by atoms with Crippen molar-refractivity contribution < 1.29 is 167 Å². The van der Waals surface area contributed by atoms with Gasteiger partial charge in [-0.3, -0.25) is 0 Å². The average molecular weight is 210 g/mol. The van der Waals surface area contributed by atoms with E-state index in [4.69, 9.17) is 19.2 Å². The van der Waals surface area contributed by atoms with Crippen LogP contribution in [-0.4, -0.2) is 0 Å². The first-order valence-electron chi connectivity index (χ1n) is 0.730. The Morgan fingerprint density at radius 3 is 0.700 bits per heavy atom. The van der Waals surface area contributed by atoms with Crippen LogP contribution >= 0.6 is 7.82 Å². The van der Waals surface area contributed by atoms with Crippen LogP contribution in [0.15, 0.2) is 0 Å². The zero-order chi connectivity index (χ0) is 4.50. The molecule has 0 unspecified atom stereocenters. The third-order valence-electron chi connectivity index (χ3n) is 0. The summed E-state index contributed by atoms with van der Waals surface area (Å²) >= 11 is 0. The van der Waals surface area contributed by atoms with E-state index in [1.54, 1.807) is 0 Å². The summed E-state index contributed by atoms with van der Waals surface area (Å²) in [4.78, 5) is 25.6. The SMILES string of the molecule is O=P([O-])([O-])[O-].[Na+].[Na+].[Na+].[Na+].[Na+]. The first-order chi connectivity index (χ1) is 2.00. The van der Waals surface area contributed by atoms with Crippen molar-refractivity contribution in [2.45, 2.75) is 0 Å². The van der Waals surface area contributed by atoms with E-state index in [0.29, 0.717) is 0 Å². The molecular weight excluding hydrogens is 210 g/mol. The van der Waals surface area contributed by atoms with Crippen molar-refractivity contribution >= 4 is 7.82 Å². The summed E-state index contributed by atoms with van der Waals surface area (Å²) in [5, 5.41) is 0. The van der Waals surface area contributed by atoms with Gasteiger partial charge < -0.3 is 19.2 Å². The van der Waals surface area contributed by atoms with E-state index in [2.05, 4.69) is 0 Å². The monoisotopic (exact) mass is 210 g/mol. The van der Waals surface area contributed by atoms with Gasteiger partial charge in [0.2, 0.25) is 0 Å². The minimum absolute atomic E-state index is 0. The second kappa shape index (κ2) is 19.6. The fourth-order valence-corrected chi connectivity index (χ4v) is 0. The quantitative estimate of drug-likeness (QED) is 0.293. The van der Waals surface area contributed by atoms with E-state index in [0.717, 1.165) is 0 Å². The van der Waals surface area contributed by atoms with Crippen molar-refractivity contribution in [2.75, 3.05) is 0 Å². The normalized spacial score (nSPS) is 5.90. The molecule has 0 aliphatic carbocycles. The maximum atomic E-state index is 8.55. The Morgan fingerprint density at radius 2 is 0.700 bits per heavy atom. The molecular formula is Na5O4P+2. The van der Waals surface area contributed by atoms with Gasteiger partial charge >= 0.3 is 148 Å². The molecule has 10 heavy (non-hydrogen) atoms. The van der Waals surface area contributed by atoms with E-state index in [-0.39, 0.29) is 148 Å². The molecule has 0 aliphatic rings. The Bertz CT molecular complexity index is 59.8. The fraction of sp³-hybridized carbons (Fsp3) is 0. The average Bonchev–Trinajstić information content (AvgIpc) is 0.722. The molecule has 0 fully saturated rings. The minimum Gasteiger partial charge on any atom is -0.822 e. The second-order valence-electron chi connectivity index (χ2n) is 0.447. The van der Waals surface area contributed by atoms with Crippen molar-refractivity contribution in [3.63, 3.8) is 0 Å². The molecule has 0 radical (unpaired) electrons. The Balaban J connectivity index is -0.00000000800. The van der Waals surface area contributed by atoms with Gasteiger partial charge in [-0.2, -0.15) is 7.82 Å². The van der Waals surface area contributed by atoms with Gasteiger partial charge in [0, 0.05) is 0 Å². The van der Waals surface area contributed by atoms with Gasteiger partial charge in [0.15, 0.2) is 0 Å². The predicted octanol–water partition coefficient (Wildman–Crippen LogP) is -17.8. The van der Waals surface area contributed by atoms with Gasteiger partial charge in [0.25, 0.3) is 0 Å². The van der Waals surface area contributed by atoms with Crippen LogP contribution in [0.3, 0.4) is 0 Å². The number of hydrogen-bond acceptors (Lipinski definition) is 4. The van der Waals surface area contributed by atoms with Crippen LogP contribution in [0.5, 0.6) is 0 Å². The van der Waals surface area contributed by atoms with Crippen molar-refractivity contribution in [2.24, 2.45) is 0 Å². The smallest absolute Gasteiger partial charge is 0.822 e. The molecule has 0 aromatic carbocycles. The van der Waals surface area contributed by atoms with Gasteiger partial charge in [0.1, 0.15) is 0 Å². The Labute approximate surface area is 170 Å². The van der Waals surface area contributed by atoms with Crippen molar-refractivity contribution in [3.8, 4) is 0 Å². The van der Waals surface area contributed by atoms with E-state index >= 15 is 0 Å².